The van der Waals surface area contributed by atoms with Crippen LogP contribution in [0, 0.1) is 5.92 Å². The first kappa shape index (κ1) is 17.1. The zero-order chi connectivity index (χ0) is 16.8. The molecule has 0 amide bonds. The summed E-state index contributed by atoms with van der Waals surface area (Å²) in [5.41, 5.74) is 1.59. The summed E-state index contributed by atoms with van der Waals surface area (Å²) in [6, 6.07) is 5.58. The second-order valence-electron chi connectivity index (χ2n) is 5.92. The van der Waals surface area contributed by atoms with E-state index in [1.165, 1.54) is 0 Å². The summed E-state index contributed by atoms with van der Waals surface area (Å²) >= 11 is 0. The van der Waals surface area contributed by atoms with Crippen molar-refractivity contribution in [2.45, 2.75) is 33.6 Å². The largest absolute Gasteiger partial charge is 0.493 e. The molecule has 0 aliphatic carbocycles. The number of aromatic nitrogens is 1. The first-order valence-electron chi connectivity index (χ1n) is 7.74. The molecule has 0 radical (unpaired) electrons. The highest BCUT2D eigenvalue weighted by atomic mass is 16.5. The number of hydrogen-bond acceptors (Lipinski definition) is 5. The van der Waals surface area contributed by atoms with Gasteiger partial charge < -0.3 is 18.7 Å². The van der Waals surface area contributed by atoms with Crippen LogP contribution in [-0.2, 0) is 11.2 Å². The highest BCUT2D eigenvalue weighted by Crippen LogP contribution is 2.32. The zero-order valence-corrected chi connectivity index (χ0v) is 14.1. The van der Waals surface area contributed by atoms with Gasteiger partial charge in [0, 0.05) is 12.0 Å². The van der Waals surface area contributed by atoms with Crippen LogP contribution in [-0.4, -0.2) is 24.5 Å². The topological polar surface area (TPSA) is 61.6 Å². The molecule has 23 heavy (non-hydrogen) atoms. The van der Waals surface area contributed by atoms with Gasteiger partial charge in [-0.15, -0.1) is 0 Å². The fourth-order valence-electron chi connectivity index (χ4n) is 2.04. The summed E-state index contributed by atoms with van der Waals surface area (Å²) in [6.07, 6.45) is 2.65. The molecule has 1 aromatic heterocycles. The molecule has 0 saturated carbocycles. The minimum atomic E-state index is 0.142. The van der Waals surface area contributed by atoms with Crippen LogP contribution in [0.5, 0.6) is 11.5 Å². The molecule has 124 valence electrons. The fourth-order valence-corrected chi connectivity index (χ4v) is 2.04. The predicted molar refractivity (Wildman–Crippen MR) is 87.8 cm³/mol. The van der Waals surface area contributed by atoms with E-state index in [0.717, 1.165) is 11.3 Å². The first-order chi connectivity index (χ1) is 11.0. The highest BCUT2D eigenvalue weighted by molar-refractivity contribution is 5.75. The molecule has 0 unspecified atom stereocenters. The SMILES string of the molecule is COc1ccc(-c2nc(CCC(C)=O)co2)cc1OCC(C)C. The van der Waals surface area contributed by atoms with Crippen molar-refractivity contribution in [2.24, 2.45) is 5.92 Å². The Balaban J connectivity index is 2.18. The Morgan fingerprint density at radius 2 is 2.09 bits per heavy atom. The van der Waals surface area contributed by atoms with Gasteiger partial charge in [0.25, 0.3) is 0 Å². The number of rotatable bonds is 8. The standard InChI is InChI=1S/C18H23NO4/c1-12(2)10-22-17-9-14(6-8-16(17)21-4)18-19-15(11-23-18)7-5-13(3)20/h6,8-9,11-12H,5,7,10H2,1-4H3. The van der Waals surface area contributed by atoms with Crippen LogP contribution < -0.4 is 9.47 Å². The molecule has 5 heteroatoms. The lowest BCUT2D eigenvalue weighted by Crippen LogP contribution is -2.05. The Bertz CT molecular complexity index is 661. The quantitative estimate of drug-likeness (QED) is 0.739. The number of nitrogens with zero attached hydrogens (tertiary/aromatic N) is 1. The van der Waals surface area contributed by atoms with Gasteiger partial charge in [0.15, 0.2) is 11.5 Å². The van der Waals surface area contributed by atoms with Crippen molar-refractivity contribution in [3.63, 3.8) is 0 Å². The lowest BCUT2D eigenvalue weighted by atomic mass is 10.2. The van der Waals surface area contributed by atoms with Gasteiger partial charge in [0.1, 0.15) is 12.0 Å². The number of ketones is 1. The second-order valence-corrected chi connectivity index (χ2v) is 5.92. The third-order valence-electron chi connectivity index (χ3n) is 3.27. The monoisotopic (exact) mass is 317 g/mol. The van der Waals surface area contributed by atoms with Crippen molar-refractivity contribution in [3.05, 3.63) is 30.2 Å². The molecule has 0 fully saturated rings. The second kappa shape index (κ2) is 7.81. The third kappa shape index (κ3) is 4.84. The van der Waals surface area contributed by atoms with Gasteiger partial charge in [-0.2, -0.15) is 0 Å². The Hall–Kier alpha value is -2.30. The van der Waals surface area contributed by atoms with Crippen molar-refractivity contribution in [3.8, 4) is 23.0 Å². The number of carbonyl (C=O) groups is 1. The molecule has 2 aromatic rings. The Morgan fingerprint density at radius 3 is 2.74 bits per heavy atom. The molecular formula is C18H23NO4. The number of carbonyl (C=O) groups excluding carboxylic acids is 1. The Morgan fingerprint density at radius 1 is 1.30 bits per heavy atom. The molecule has 0 aliphatic heterocycles. The summed E-state index contributed by atoms with van der Waals surface area (Å²) in [4.78, 5) is 15.5. The van der Waals surface area contributed by atoms with E-state index in [4.69, 9.17) is 13.9 Å². The number of ether oxygens (including phenoxy) is 2. The van der Waals surface area contributed by atoms with Crippen molar-refractivity contribution in [1.82, 2.24) is 4.98 Å². The van der Waals surface area contributed by atoms with Gasteiger partial charge in [-0.3, -0.25) is 0 Å². The third-order valence-corrected chi connectivity index (χ3v) is 3.27. The summed E-state index contributed by atoms with van der Waals surface area (Å²) in [7, 11) is 1.61. The van der Waals surface area contributed by atoms with Gasteiger partial charge >= 0.3 is 0 Å². The maximum atomic E-state index is 11.0. The van der Waals surface area contributed by atoms with Crippen LogP contribution in [0.1, 0.15) is 32.9 Å². The van der Waals surface area contributed by atoms with Crippen LogP contribution in [0.2, 0.25) is 0 Å². The van der Waals surface area contributed by atoms with Gasteiger partial charge in [-0.25, -0.2) is 4.98 Å². The minimum Gasteiger partial charge on any atom is -0.493 e. The number of methoxy groups -OCH3 is 1. The molecule has 1 heterocycles. The maximum absolute atomic E-state index is 11.0. The van der Waals surface area contributed by atoms with Crippen LogP contribution in [0.4, 0.5) is 0 Å². The van der Waals surface area contributed by atoms with Crippen LogP contribution in [0.15, 0.2) is 28.9 Å². The molecule has 1 aromatic carbocycles. The van der Waals surface area contributed by atoms with Gasteiger partial charge in [0.2, 0.25) is 5.89 Å². The van der Waals surface area contributed by atoms with Crippen molar-refractivity contribution < 1.29 is 18.7 Å². The van der Waals surface area contributed by atoms with E-state index in [1.54, 1.807) is 20.3 Å². The average Bonchev–Trinajstić information content (AvgIpc) is 2.99. The van der Waals surface area contributed by atoms with Crippen LogP contribution in [0.25, 0.3) is 11.5 Å². The van der Waals surface area contributed by atoms with E-state index in [9.17, 15) is 4.79 Å². The fraction of sp³-hybridized carbons (Fsp3) is 0.444. The Kier molecular flexibility index (Phi) is 5.79. The molecule has 0 bridgehead atoms. The van der Waals surface area contributed by atoms with Crippen molar-refractivity contribution in [2.75, 3.05) is 13.7 Å². The predicted octanol–water partition coefficient (Wildman–Crippen LogP) is 3.91. The van der Waals surface area contributed by atoms with Crippen molar-refractivity contribution in [1.29, 1.82) is 0 Å². The van der Waals surface area contributed by atoms with Gasteiger partial charge in [-0.05, 0) is 37.5 Å². The summed E-state index contributed by atoms with van der Waals surface area (Å²) in [5.74, 6) is 2.42. The maximum Gasteiger partial charge on any atom is 0.226 e. The number of benzene rings is 1. The molecule has 0 saturated heterocycles. The van der Waals surface area contributed by atoms with E-state index in [2.05, 4.69) is 18.8 Å². The highest BCUT2D eigenvalue weighted by Gasteiger charge is 2.12. The normalized spacial score (nSPS) is 10.8. The number of aryl methyl sites for hydroxylation is 1. The molecule has 0 spiro atoms. The van der Waals surface area contributed by atoms with Gasteiger partial charge in [0.05, 0.1) is 19.4 Å². The molecular weight excluding hydrogens is 294 g/mol. The number of hydrogen-bond donors (Lipinski definition) is 0. The molecule has 0 N–H and O–H groups in total. The average molecular weight is 317 g/mol. The summed E-state index contributed by atoms with van der Waals surface area (Å²) in [6.45, 7) is 6.36. The number of oxazole rings is 1. The van der Waals surface area contributed by atoms with Crippen LogP contribution >= 0.6 is 0 Å². The molecule has 0 aliphatic rings. The number of Topliss-reactive ketones (excluding diaryl/α,β-unsaturated/α-hetero) is 1. The van der Waals surface area contributed by atoms with E-state index in [1.807, 2.05) is 18.2 Å². The first-order valence-corrected chi connectivity index (χ1v) is 7.74. The molecule has 5 nitrogen and oxygen atoms in total. The van der Waals surface area contributed by atoms with E-state index in [0.29, 0.717) is 42.8 Å². The van der Waals surface area contributed by atoms with Crippen LogP contribution in [0.3, 0.4) is 0 Å². The van der Waals surface area contributed by atoms with Crippen molar-refractivity contribution >= 4 is 5.78 Å². The van der Waals surface area contributed by atoms with E-state index in [-0.39, 0.29) is 5.78 Å². The summed E-state index contributed by atoms with van der Waals surface area (Å²) < 4.78 is 16.6. The van der Waals surface area contributed by atoms with E-state index >= 15 is 0 Å². The minimum absolute atomic E-state index is 0.142. The van der Waals surface area contributed by atoms with Gasteiger partial charge in [-0.1, -0.05) is 13.8 Å². The lowest BCUT2D eigenvalue weighted by molar-refractivity contribution is -0.116. The molecule has 2 rings (SSSR count). The molecule has 0 atom stereocenters. The zero-order valence-electron chi connectivity index (χ0n) is 14.1. The van der Waals surface area contributed by atoms with E-state index < -0.39 is 0 Å². The lowest BCUT2D eigenvalue weighted by Gasteiger charge is -2.13. The smallest absolute Gasteiger partial charge is 0.226 e. The Labute approximate surface area is 136 Å². The summed E-state index contributed by atoms with van der Waals surface area (Å²) in [5, 5.41) is 0.